The molecule has 0 aromatic carbocycles. The predicted molar refractivity (Wildman–Crippen MR) is 62.5 cm³/mol. The molecule has 0 saturated carbocycles. The Hall–Kier alpha value is -1.10. The van der Waals surface area contributed by atoms with Gasteiger partial charge in [-0.05, 0) is 32.8 Å². The van der Waals surface area contributed by atoms with Crippen LogP contribution in [0.1, 0.15) is 27.2 Å². The van der Waals surface area contributed by atoms with Crippen LogP contribution in [-0.2, 0) is 4.74 Å². The molecule has 17 heavy (non-hydrogen) atoms. The van der Waals surface area contributed by atoms with Gasteiger partial charge in [-0.15, -0.1) is 0 Å². The van der Waals surface area contributed by atoms with Crippen LogP contribution < -0.4 is 0 Å². The first-order valence-corrected chi connectivity index (χ1v) is 5.75. The van der Waals surface area contributed by atoms with Crippen molar-refractivity contribution < 1.29 is 19.0 Å². The van der Waals surface area contributed by atoms with Crippen LogP contribution in [0.5, 0.6) is 0 Å². The second-order valence-corrected chi connectivity index (χ2v) is 5.11. The third-order valence-corrected chi connectivity index (χ3v) is 2.46. The number of hydrogen-bond donors (Lipinski definition) is 1. The fraction of sp³-hybridized carbons (Fsp3) is 0.750. The minimum atomic E-state index is -1.21. The molecule has 0 aromatic rings. The van der Waals surface area contributed by atoms with Gasteiger partial charge in [-0.2, -0.15) is 0 Å². The highest BCUT2D eigenvalue weighted by Crippen LogP contribution is 2.21. The van der Waals surface area contributed by atoms with Gasteiger partial charge in [0.15, 0.2) is 0 Å². The fourth-order valence-corrected chi connectivity index (χ4v) is 1.66. The predicted octanol–water partition coefficient (Wildman–Crippen LogP) is 1.88. The van der Waals surface area contributed by atoms with E-state index in [-0.39, 0.29) is 13.2 Å². The van der Waals surface area contributed by atoms with Crippen molar-refractivity contribution in [3.8, 4) is 0 Å². The van der Waals surface area contributed by atoms with Crippen LogP contribution in [0, 0.1) is 0 Å². The number of aliphatic hydroxyl groups excluding tert-OH is 1. The van der Waals surface area contributed by atoms with Crippen LogP contribution in [0.2, 0.25) is 0 Å². The van der Waals surface area contributed by atoms with E-state index in [9.17, 15) is 9.18 Å². The van der Waals surface area contributed by atoms with Gasteiger partial charge in [-0.3, -0.25) is 0 Å². The molecule has 1 saturated heterocycles. The highest BCUT2D eigenvalue weighted by atomic mass is 19.1. The lowest BCUT2D eigenvalue weighted by atomic mass is 10.0. The van der Waals surface area contributed by atoms with Crippen molar-refractivity contribution in [3.63, 3.8) is 0 Å². The normalized spacial score (nSPS) is 23.9. The van der Waals surface area contributed by atoms with Gasteiger partial charge >= 0.3 is 6.09 Å². The van der Waals surface area contributed by atoms with Gasteiger partial charge in [0, 0.05) is 6.54 Å². The van der Waals surface area contributed by atoms with E-state index in [1.165, 1.54) is 11.0 Å². The molecule has 1 aliphatic rings. The number of carbonyl (C=O) groups excluding carboxylic acids is 1. The zero-order valence-electron chi connectivity index (χ0n) is 10.6. The van der Waals surface area contributed by atoms with E-state index in [4.69, 9.17) is 9.84 Å². The molecule has 1 fully saturated rings. The van der Waals surface area contributed by atoms with Gasteiger partial charge in [0.05, 0.1) is 13.2 Å². The minimum absolute atomic E-state index is 0.000741. The summed E-state index contributed by atoms with van der Waals surface area (Å²) in [6, 6.07) is 0. The molecule has 1 heterocycles. The van der Waals surface area contributed by atoms with E-state index in [0.29, 0.717) is 18.5 Å². The maximum absolute atomic E-state index is 13.6. The summed E-state index contributed by atoms with van der Waals surface area (Å²) in [5.41, 5.74) is -0.00305. The fourth-order valence-electron chi connectivity index (χ4n) is 1.66. The highest BCUT2D eigenvalue weighted by Gasteiger charge is 2.29. The summed E-state index contributed by atoms with van der Waals surface area (Å²) in [4.78, 5) is 13.1. The van der Waals surface area contributed by atoms with Gasteiger partial charge in [0.25, 0.3) is 0 Å². The number of aliphatic hydroxyl groups is 1. The van der Waals surface area contributed by atoms with Gasteiger partial charge < -0.3 is 14.7 Å². The topological polar surface area (TPSA) is 49.8 Å². The Kier molecular flexibility index (Phi) is 4.51. The van der Waals surface area contributed by atoms with Crippen LogP contribution in [0.3, 0.4) is 0 Å². The summed E-state index contributed by atoms with van der Waals surface area (Å²) in [5, 5.41) is 8.72. The lowest BCUT2D eigenvalue weighted by Gasteiger charge is -2.32. The summed E-state index contributed by atoms with van der Waals surface area (Å²) < 4.78 is 18.8. The zero-order valence-corrected chi connectivity index (χ0v) is 10.6. The molecule has 1 rings (SSSR count). The monoisotopic (exact) mass is 245 g/mol. The van der Waals surface area contributed by atoms with E-state index in [1.54, 1.807) is 20.8 Å². The third-order valence-electron chi connectivity index (χ3n) is 2.46. The van der Waals surface area contributed by atoms with Gasteiger partial charge in [-0.25, -0.2) is 9.18 Å². The van der Waals surface area contributed by atoms with Crippen molar-refractivity contribution >= 4 is 6.09 Å². The SMILES string of the molecule is CC(C)(C)OC(=O)N1CC/C(=C\CO)C(F)C1. The summed E-state index contributed by atoms with van der Waals surface area (Å²) in [6.45, 7) is 5.60. The molecule has 0 bridgehead atoms. The third kappa shape index (κ3) is 4.34. The van der Waals surface area contributed by atoms with E-state index in [0.717, 1.165) is 0 Å². The Morgan fingerprint density at radius 3 is 2.76 bits per heavy atom. The van der Waals surface area contributed by atoms with Crippen molar-refractivity contribution in [3.05, 3.63) is 11.6 Å². The van der Waals surface area contributed by atoms with Crippen LogP contribution in [-0.4, -0.2) is 47.6 Å². The van der Waals surface area contributed by atoms with Crippen molar-refractivity contribution in [2.45, 2.75) is 39.0 Å². The molecule has 0 aromatic heterocycles. The smallest absolute Gasteiger partial charge is 0.410 e. The molecule has 4 nitrogen and oxygen atoms in total. The molecule has 1 amide bonds. The van der Waals surface area contributed by atoms with Crippen molar-refractivity contribution in [2.75, 3.05) is 19.7 Å². The number of likely N-dealkylation sites (tertiary alicyclic amines) is 1. The summed E-state index contributed by atoms with van der Waals surface area (Å²) in [5.74, 6) is 0. The maximum Gasteiger partial charge on any atom is 0.410 e. The first kappa shape index (κ1) is 14.0. The Bertz CT molecular complexity index is 309. The minimum Gasteiger partial charge on any atom is -0.444 e. The number of hydrogen-bond acceptors (Lipinski definition) is 3. The summed E-state index contributed by atoms with van der Waals surface area (Å²) >= 11 is 0. The maximum atomic E-state index is 13.6. The number of ether oxygens (including phenoxy) is 1. The van der Waals surface area contributed by atoms with Crippen molar-refractivity contribution in [1.82, 2.24) is 4.90 Å². The van der Waals surface area contributed by atoms with Crippen LogP contribution in [0.15, 0.2) is 11.6 Å². The molecule has 1 unspecified atom stereocenters. The molecular formula is C12H20FNO3. The van der Waals surface area contributed by atoms with Crippen LogP contribution in [0.25, 0.3) is 0 Å². The van der Waals surface area contributed by atoms with Gasteiger partial charge in [0.2, 0.25) is 0 Å². The number of amides is 1. The Labute approximate surface area is 101 Å². The summed E-state index contributed by atoms with van der Waals surface area (Å²) in [6.07, 6.45) is 0.226. The quantitative estimate of drug-likeness (QED) is 0.718. The average molecular weight is 245 g/mol. The number of nitrogens with zero attached hydrogens (tertiary/aromatic N) is 1. The lowest BCUT2D eigenvalue weighted by molar-refractivity contribution is 0.0184. The second-order valence-electron chi connectivity index (χ2n) is 5.11. The van der Waals surface area contributed by atoms with E-state index >= 15 is 0 Å². The van der Waals surface area contributed by atoms with E-state index in [1.807, 2.05) is 0 Å². The molecule has 1 N–H and O–H groups in total. The Morgan fingerprint density at radius 1 is 1.65 bits per heavy atom. The van der Waals surface area contributed by atoms with Gasteiger partial charge in [0.1, 0.15) is 11.8 Å². The second kappa shape index (κ2) is 5.49. The van der Waals surface area contributed by atoms with Gasteiger partial charge in [-0.1, -0.05) is 6.08 Å². The van der Waals surface area contributed by atoms with E-state index in [2.05, 4.69) is 0 Å². The number of alkyl halides is 1. The van der Waals surface area contributed by atoms with Crippen molar-refractivity contribution in [1.29, 1.82) is 0 Å². The summed E-state index contributed by atoms with van der Waals surface area (Å²) in [7, 11) is 0. The molecule has 1 aliphatic heterocycles. The molecule has 0 radical (unpaired) electrons. The molecule has 98 valence electrons. The highest BCUT2D eigenvalue weighted by molar-refractivity contribution is 5.68. The molecule has 0 spiro atoms. The number of halogens is 1. The largest absolute Gasteiger partial charge is 0.444 e. The first-order chi connectivity index (χ1) is 7.83. The zero-order chi connectivity index (χ0) is 13.1. The molecule has 1 atom stereocenters. The molecule has 0 aliphatic carbocycles. The van der Waals surface area contributed by atoms with Crippen molar-refractivity contribution in [2.24, 2.45) is 0 Å². The lowest BCUT2D eigenvalue weighted by Crippen LogP contribution is -2.44. The Balaban J connectivity index is 2.55. The van der Waals surface area contributed by atoms with Crippen LogP contribution in [0.4, 0.5) is 9.18 Å². The molecule has 5 heteroatoms. The van der Waals surface area contributed by atoms with E-state index < -0.39 is 17.9 Å². The number of carbonyl (C=O) groups is 1. The Morgan fingerprint density at radius 2 is 2.29 bits per heavy atom. The van der Waals surface area contributed by atoms with Crippen LogP contribution >= 0.6 is 0 Å². The first-order valence-electron chi connectivity index (χ1n) is 5.75. The molecular weight excluding hydrogens is 225 g/mol. The number of rotatable bonds is 1. The standard InChI is InChI=1S/C12H20FNO3/c1-12(2,3)17-11(16)14-6-4-9(5-7-15)10(13)8-14/h5,10,15H,4,6-8H2,1-3H3/b9-5+. The number of piperidine rings is 1. The average Bonchev–Trinajstić information content (AvgIpc) is 2.18.